The SMILES string of the molecule is CCCCCCCCCc1ccc(S(OS(=O)(=O)CC23CCC(CC2=O)C3(C)C)(c2ccccc2)c2ccccc2)cc1. The van der Waals surface area contributed by atoms with Gasteiger partial charge in [0.15, 0.2) is 0 Å². The Balaban J connectivity index is 1.48. The van der Waals surface area contributed by atoms with Crippen LogP contribution in [0.25, 0.3) is 0 Å². The fourth-order valence-electron chi connectivity index (χ4n) is 7.47. The molecule has 2 bridgehead atoms. The quantitative estimate of drug-likeness (QED) is 0.159. The van der Waals surface area contributed by atoms with Crippen LogP contribution in [0.2, 0.25) is 0 Å². The summed E-state index contributed by atoms with van der Waals surface area (Å²) in [5.74, 6) is 0.0442. The van der Waals surface area contributed by atoms with Gasteiger partial charge in [0.25, 0.3) is 10.1 Å². The number of fused-ring (bicyclic) bond motifs is 2. The molecule has 232 valence electrons. The monoisotopic (exact) mass is 620 g/mol. The lowest BCUT2D eigenvalue weighted by atomic mass is 9.70. The number of Topliss-reactive ketones (excluding diaryl/α,β-unsaturated/α-hetero) is 1. The summed E-state index contributed by atoms with van der Waals surface area (Å²) in [5, 5.41) is 0. The molecule has 0 aromatic heterocycles. The number of aryl methyl sites for hydroxylation is 1. The van der Waals surface area contributed by atoms with Crippen molar-refractivity contribution >= 4 is 26.2 Å². The van der Waals surface area contributed by atoms with Crippen molar-refractivity contribution in [2.45, 2.75) is 106 Å². The average Bonchev–Trinajstić information content (AvgIpc) is 3.35. The van der Waals surface area contributed by atoms with Crippen LogP contribution in [-0.2, 0) is 25.0 Å². The number of unbranched alkanes of at least 4 members (excludes halogenated alkanes) is 6. The third-order valence-corrected chi connectivity index (χ3v) is 15.5. The molecule has 0 aliphatic heterocycles. The van der Waals surface area contributed by atoms with E-state index in [4.69, 9.17) is 3.63 Å². The molecule has 2 aliphatic rings. The summed E-state index contributed by atoms with van der Waals surface area (Å²) >= 11 is 0. The molecule has 3 aromatic rings. The van der Waals surface area contributed by atoms with Crippen LogP contribution < -0.4 is 0 Å². The van der Waals surface area contributed by atoms with E-state index < -0.39 is 25.8 Å². The summed E-state index contributed by atoms with van der Waals surface area (Å²) in [4.78, 5) is 15.8. The maximum Gasteiger partial charge on any atom is 0.278 e. The molecule has 2 fully saturated rings. The van der Waals surface area contributed by atoms with Gasteiger partial charge in [-0.2, -0.15) is 8.42 Å². The number of ketones is 1. The molecule has 4 nitrogen and oxygen atoms in total. The zero-order chi connectivity index (χ0) is 30.6. The van der Waals surface area contributed by atoms with Crippen LogP contribution in [0.4, 0.5) is 0 Å². The molecule has 0 saturated heterocycles. The Hall–Kier alpha value is -2.41. The second-order valence-corrected chi connectivity index (χ2v) is 17.6. The van der Waals surface area contributed by atoms with Crippen molar-refractivity contribution in [3.63, 3.8) is 0 Å². The van der Waals surface area contributed by atoms with Gasteiger partial charge >= 0.3 is 0 Å². The highest BCUT2D eigenvalue weighted by atomic mass is 32.3. The summed E-state index contributed by atoms with van der Waals surface area (Å²) in [6, 6.07) is 27.9. The van der Waals surface area contributed by atoms with Crippen LogP contribution >= 0.6 is 10.3 Å². The van der Waals surface area contributed by atoms with Crippen molar-refractivity contribution in [1.82, 2.24) is 0 Å². The molecule has 0 spiro atoms. The van der Waals surface area contributed by atoms with Crippen molar-refractivity contribution in [3.8, 4) is 0 Å². The molecule has 0 radical (unpaired) electrons. The number of hydrogen-bond acceptors (Lipinski definition) is 4. The van der Waals surface area contributed by atoms with Crippen molar-refractivity contribution < 1.29 is 16.8 Å². The highest BCUT2D eigenvalue weighted by Gasteiger charge is 2.65. The molecule has 0 heterocycles. The van der Waals surface area contributed by atoms with Gasteiger partial charge in [0.1, 0.15) is 5.78 Å². The smallest absolute Gasteiger partial charge is 0.278 e. The Morgan fingerprint density at radius 2 is 1.28 bits per heavy atom. The minimum atomic E-state index is -4.14. The maximum absolute atomic E-state index is 14.3. The van der Waals surface area contributed by atoms with Gasteiger partial charge in [0.05, 0.1) is 11.2 Å². The number of benzene rings is 3. The van der Waals surface area contributed by atoms with Crippen LogP contribution in [-0.4, -0.2) is 20.0 Å². The third kappa shape index (κ3) is 6.39. The molecule has 43 heavy (non-hydrogen) atoms. The van der Waals surface area contributed by atoms with Crippen molar-refractivity contribution in [1.29, 1.82) is 0 Å². The van der Waals surface area contributed by atoms with E-state index in [9.17, 15) is 13.2 Å². The standard InChI is InChI=1S/C37H48O4S2/c1-4-5-6-7-8-9-12-17-30-22-24-34(25-23-30)43(32-18-13-10-14-19-32,33-20-15-11-16-21-33)41-42(39,40)29-37-27-26-31(28-35(37)38)36(37,2)3/h10-11,13-16,18-25,31H,4-9,12,17,26-29H2,1-3H3. The summed E-state index contributed by atoms with van der Waals surface area (Å²) in [7, 11) is -6.80. The van der Waals surface area contributed by atoms with E-state index in [1.54, 1.807) is 0 Å². The molecule has 5 rings (SSSR count). The normalized spacial score (nSPS) is 21.7. The number of hydrogen-bond donors (Lipinski definition) is 0. The fourth-order valence-corrected chi connectivity index (χ4v) is 13.6. The second-order valence-electron chi connectivity index (χ2n) is 13.1. The number of carbonyl (C=O) groups is 1. The topological polar surface area (TPSA) is 60.4 Å². The van der Waals surface area contributed by atoms with Crippen LogP contribution in [0.15, 0.2) is 99.6 Å². The van der Waals surface area contributed by atoms with E-state index in [0.717, 1.165) is 33.9 Å². The first-order valence-corrected chi connectivity index (χ1v) is 19.3. The summed E-state index contributed by atoms with van der Waals surface area (Å²) in [6.45, 7) is 6.39. The van der Waals surface area contributed by atoms with Gasteiger partial charge in [0.2, 0.25) is 0 Å². The van der Waals surface area contributed by atoms with Gasteiger partial charge in [-0.3, -0.25) is 4.79 Å². The average molecular weight is 621 g/mol. The summed E-state index contributed by atoms with van der Waals surface area (Å²) in [6.07, 6.45) is 11.9. The lowest BCUT2D eigenvalue weighted by Gasteiger charge is -2.41. The minimum absolute atomic E-state index is 0.0793. The highest BCUT2D eigenvalue weighted by molar-refractivity contribution is 8.33. The Morgan fingerprint density at radius 1 is 0.744 bits per heavy atom. The van der Waals surface area contributed by atoms with Gasteiger partial charge in [-0.1, -0.05) is 108 Å². The minimum Gasteiger partial charge on any atom is -0.299 e. The molecular weight excluding hydrogens is 573 g/mol. The Kier molecular flexibility index (Phi) is 9.89. The molecule has 2 saturated carbocycles. The first-order valence-electron chi connectivity index (χ1n) is 16.1. The molecule has 6 heteroatoms. The highest BCUT2D eigenvalue weighted by Crippen LogP contribution is 2.71. The third-order valence-electron chi connectivity index (χ3n) is 10.2. The first-order chi connectivity index (χ1) is 20.6. The largest absolute Gasteiger partial charge is 0.299 e. The van der Waals surface area contributed by atoms with E-state index in [0.29, 0.717) is 12.8 Å². The van der Waals surface area contributed by atoms with E-state index >= 15 is 0 Å². The Morgan fingerprint density at radius 3 is 1.79 bits per heavy atom. The van der Waals surface area contributed by atoms with E-state index in [2.05, 4.69) is 45.0 Å². The molecule has 2 atom stereocenters. The maximum atomic E-state index is 14.3. The summed E-state index contributed by atoms with van der Waals surface area (Å²) in [5.41, 5.74) is -0.00533. The first kappa shape index (κ1) is 32.0. The van der Waals surface area contributed by atoms with Crippen LogP contribution in [0, 0.1) is 16.7 Å². The predicted octanol–water partition coefficient (Wildman–Crippen LogP) is 9.92. The molecule has 0 N–H and O–H groups in total. The van der Waals surface area contributed by atoms with Crippen molar-refractivity contribution in [3.05, 3.63) is 90.5 Å². The molecule has 3 aromatic carbocycles. The lowest BCUT2D eigenvalue weighted by Crippen LogP contribution is -2.42. The van der Waals surface area contributed by atoms with Crippen molar-refractivity contribution in [2.24, 2.45) is 16.7 Å². The van der Waals surface area contributed by atoms with Gasteiger partial charge in [-0.25, -0.2) is 3.63 Å². The Labute approximate surface area is 261 Å². The summed E-state index contributed by atoms with van der Waals surface area (Å²) < 4.78 is 35.3. The van der Waals surface area contributed by atoms with Gasteiger partial charge in [-0.05, 0) is 89.3 Å². The van der Waals surface area contributed by atoms with Gasteiger partial charge in [-0.15, -0.1) is 0 Å². The molecule has 2 unspecified atom stereocenters. The lowest BCUT2D eigenvalue weighted by molar-refractivity contribution is -0.128. The Bertz CT molecular complexity index is 1430. The number of carbonyl (C=O) groups excluding carboxylic acids is 1. The molecule has 2 aliphatic carbocycles. The van der Waals surface area contributed by atoms with Gasteiger partial charge < -0.3 is 0 Å². The van der Waals surface area contributed by atoms with Crippen molar-refractivity contribution in [2.75, 3.05) is 5.75 Å². The van der Waals surface area contributed by atoms with E-state index in [1.807, 2.05) is 60.7 Å². The zero-order valence-electron chi connectivity index (χ0n) is 26.1. The molecule has 0 amide bonds. The van der Waals surface area contributed by atoms with Crippen LogP contribution in [0.3, 0.4) is 0 Å². The van der Waals surface area contributed by atoms with E-state index in [1.165, 1.54) is 44.1 Å². The predicted molar refractivity (Wildman–Crippen MR) is 177 cm³/mol. The second kappa shape index (κ2) is 13.3. The van der Waals surface area contributed by atoms with Gasteiger partial charge in [0, 0.05) is 21.1 Å². The molecular formula is C37H48O4S2. The number of rotatable bonds is 15. The van der Waals surface area contributed by atoms with E-state index in [-0.39, 0.29) is 22.9 Å². The zero-order valence-corrected chi connectivity index (χ0v) is 27.7. The van der Waals surface area contributed by atoms with Crippen LogP contribution in [0.5, 0.6) is 0 Å². The van der Waals surface area contributed by atoms with Crippen LogP contribution in [0.1, 0.15) is 90.5 Å². The fraction of sp³-hybridized carbons (Fsp3) is 0.486.